The maximum atomic E-state index is 13.0. The van der Waals surface area contributed by atoms with Gasteiger partial charge in [-0.2, -0.15) is 0 Å². The third-order valence-corrected chi connectivity index (χ3v) is 5.99. The molecule has 0 saturated carbocycles. The van der Waals surface area contributed by atoms with E-state index in [0.717, 1.165) is 43.7 Å². The van der Waals surface area contributed by atoms with Crippen LogP contribution in [0.5, 0.6) is 0 Å². The van der Waals surface area contributed by atoms with E-state index < -0.39 is 0 Å². The number of hydrogen-bond acceptors (Lipinski definition) is 4. The van der Waals surface area contributed by atoms with Crippen LogP contribution in [-0.2, 0) is 4.74 Å². The predicted octanol–water partition coefficient (Wildman–Crippen LogP) is 5.60. The first-order chi connectivity index (χ1) is 16.5. The van der Waals surface area contributed by atoms with Crippen LogP contribution in [0.1, 0.15) is 68.3 Å². The summed E-state index contributed by atoms with van der Waals surface area (Å²) in [5.74, 6) is 0.301. The van der Waals surface area contributed by atoms with Crippen molar-refractivity contribution in [2.24, 2.45) is 0 Å². The maximum absolute atomic E-state index is 13.0. The minimum absolute atomic E-state index is 0.134. The van der Waals surface area contributed by atoms with Gasteiger partial charge >= 0.3 is 6.03 Å². The molecule has 0 bridgehead atoms. The Kier molecular flexibility index (Phi) is 9.76. The third-order valence-electron chi connectivity index (χ3n) is 5.99. The van der Waals surface area contributed by atoms with Gasteiger partial charge in [0.2, 0.25) is 0 Å². The van der Waals surface area contributed by atoms with E-state index in [-0.39, 0.29) is 11.9 Å². The molecule has 0 unspecified atom stereocenters. The molecule has 0 radical (unpaired) electrons. The number of carbonyl (C=O) groups excluding carboxylic acids is 2. The molecule has 3 rings (SSSR count). The Labute approximate surface area is 203 Å². The summed E-state index contributed by atoms with van der Waals surface area (Å²) in [6.07, 6.45) is 4.21. The van der Waals surface area contributed by atoms with Crippen molar-refractivity contribution in [3.8, 4) is 0 Å². The van der Waals surface area contributed by atoms with Gasteiger partial charge in [-0.25, -0.2) is 4.79 Å². The second-order valence-corrected chi connectivity index (χ2v) is 8.94. The van der Waals surface area contributed by atoms with Gasteiger partial charge in [0.15, 0.2) is 0 Å². The summed E-state index contributed by atoms with van der Waals surface area (Å²) in [5.41, 5.74) is 4.02. The fourth-order valence-corrected chi connectivity index (χ4v) is 4.07. The minimum Gasteiger partial charge on any atom is -0.382 e. The molecule has 0 aromatic heterocycles. The highest BCUT2D eigenvalue weighted by molar-refractivity contribution is 6.04. The number of piperidine rings is 1. The number of amides is 3. The lowest BCUT2D eigenvalue weighted by Crippen LogP contribution is -2.33. The van der Waals surface area contributed by atoms with Gasteiger partial charge in [-0.15, -0.1) is 0 Å². The SMILES string of the molecule is CCOCCCNC(=O)c1cc(NC(=O)Nc2ccc(C(C)C)cc2)ccc1N1CCCCC1. The summed E-state index contributed by atoms with van der Waals surface area (Å²) in [6.45, 7) is 9.93. The highest BCUT2D eigenvalue weighted by Gasteiger charge is 2.19. The first kappa shape index (κ1) is 25.6. The summed E-state index contributed by atoms with van der Waals surface area (Å²) in [4.78, 5) is 27.9. The molecule has 1 aliphatic heterocycles. The van der Waals surface area contributed by atoms with Gasteiger partial charge < -0.3 is 25.6 Å². The first-order valence-corrected chi connectivity index (χ1v) is 12.4. The molecule has 1 fully saturated rings. The smallest absolute Gasteiger partial charge is 0.323 e. The summed E-state index contributed by atoms with van der Waals surface area (Å²) >= 11 is 0. The van der Waals surface area contributed by atoms with E-state index in [1.54, 1.807) is 6.07 Å². The Balaban J connectivity index is 1.69. The highest BCUT2D eigenvalue weighted by Crippen LogP contribution is 2.27. The zero-order chi connectivity index (χ0) is 24.3. The van der Waals surface area contributed by atoms with Gasteiger partial charge in [-0.3, -0.25) is 4.79 Å². The van der Waals surface area contributed by atoms with Crippen LogP contribution in [-0.4, -0.2) is 44.8 Å². The Morgan fingerprint density at radius 1 is 0.971 bits per heavy atom. The van der Waals surface area contributed by atoms with Crippen LogP contribution in [0.15, 0.2) is 42.5 Å². The Hall–Kier alpha value is -3.06. The van der Waals surface area contributed by atoms with Crippen LogP contribution in [0.25, 0.3) is 0 Å². The maximum Gasteiger partial charge on any atom is 0.323 e. The van der Waals surface area contributed by atoms with Crippen molar-refractivity contribution in [1.29, 1.82) is 0 Å². The Bertz CT molecular complexity index is 937. The molecule has 0 aliphatic carbocycles. The van der Waals surface area contributed by atoms with Crippen LogP contribution in [0.3, 0.4) is 0 Å². The summed E-state index contributed by atoms with van der Waals surface area (Å²) < 4.78 is 5.36. The average molecular weight is 467 g/mol. The van der Waals surface area contributed by atoms with Gasteiger partial charge in [-0.1, -0.05) is 26.0 Å². The first-order valence-electron chi connectivity index (χ1n) is 12.4. The van der Waals surface area contributed by atoms with Crippen LogP contribution < -0.4 is 20.9 Å². The lowest BCUT2D eigenvalue weighted by atomic mass is 10.0. The molecule has 2 aromatic carbocycles. The normalized spacial score (nSPS) is 13.6. The number of hydrogen-bond donors (Lipinski definition) is 3. The Morgan fingerprint density at radius 2 is 1.65 bits per heavy atom. The molecule has 1 saturated heterocycles. The summed E-state index contributed by atoms with van der Waals surface area (Å²) in [7, 11) is 0. The van der Waals surface area contributed by atoms with E-state index in [2.05, 4.69) is 34.7 Å². The minimum atomic E-state index is -0.342. The molecule has 0 spiro atoms. The van der Waals surface area contributed by atoms with E-state index in [1.165, 1.54) is 12.0 Å². The highest BCUT2D eigenvalue weighted by atomic mass is 16.5. The molecular weight excluding hydrogens is 428 g/mol. The zero-order valence-electron chi connectivity index (χ0n) is 20.7. The second-order valence-electron chi connectivity index (χ2n) is 8.94. The Morgan fingerprint density at radius 3 is 2.32 bits per heavy atom. The van der Waals surface area contributed by atoms with Crippen molar-refractivity contribution in [1.82, 2.24) is 5.32 Å². The predicted molar refractivity (Wildman–Crippen MR) is 139 cm³/mol. The van der Waals surface area contributed by atoms with Crippen molar-refractivity contribution in [2.75, 3.05) is 48.4 Å². The third kappa shape index (κ3) is 7.48. The zero-order valence-corrected chi connectivity index (χ0v) is 20.7. The number of ether oxygens (including phenoxy) is 1. The summed E-state index contributed by atoms with van der Waals surface area (Å²) in [5, 5.41) is 8.73. The fraction of sp³-hybridized carbons (Fsp3) is 0.481. The van der Waals surface area contributed by atoms with Crippen molar-refractivity contribution < 1.29 is 14.3 Å². The largest absolute Gasteiger partial charge is 0.382 e. The molecule has 7 nitrogen and oxygen atoms in total. The van der Waals surface area contributed by atoms with Gasteiger partial charge in [0.1, 0.15) is 0 Å². The van der Waals surface area contributed by atoms with E-state index in [4.69, 9.17) is 4.74 Å². The van der Waals surface area contributed by atoms with E-state index in [1.807, 2.05) is 43.3 Å². The molecule has 3 amide bonds. The van der Waals surface area contributed by atoms with Crippen molar-refractivity contribution in [2.45, 2.75) is 52.4 Å². The van der Waals surface area contributed by atoms with Gasteiger partial charge in [0, 0.05) is 49.9 Å². The molecule has 1 heterocycles. The molecular formula is C27H38N4O3. The molecule has 1 aliphatic rings. The van der Waals surface area contributed by atoms with Gasteiger partial charge in [0.25, 0.3) is 5.91 Å². The molecule has 7 heteroatoms. The number of rotatable bonds is 10. The van der Waals surface area contributed by atoms with E-state index in [9.17, 15) is 9.59 Å². The van der Waals surface area contributed by atoms with Crippen molar-refractivity contribution in [3.05, 3.63) is 53.6 Å². The van der Waals surface area contributed by atoms with E-state index in [0.29, 0.717) is 36.9 Å². The van der Waals surface area contributed by atoms with Crippen molar-refractivity contribution >= 4 is 29.0 Å². The monoisotopic (exact) mass is 466 g/mol. The van der Waals surface area contributed by atoms with Crippen LogP contribution in [0, 0.1) is 0 Å². The lowest BCUT2D eigenvalue weighted by molar-refractivity contribution is 0.0944. The van der Waals surface area contributed by atoms with E-state index >= 15 is 0 Å². The molecule has 2 aromatic rings. The number of anilines is 3. The quantitative estimate of drug-likeness (QED) is 0.398. The topological polar surface area (TPSA) is 82.7 Å². The van der Waals surface area contributed by atoms with Crippen LogP contribution >= 0.6 is 0 Å². The number of benzene rings is 2. The van der Waals surface area contributed by atoms with Crippen LogP contribution in [0.2, 0.25) is 0 Å². The molecule has 3 N–H and O–H groups in total. The van der Waals surface area contributed by atoms with Crippen molar-refractivity contribution in [3.63, 3.8) is 0 Å². The number of nitrogens with zero attached hydrogens (tertiary/aromatic N) is 1. The lowest BCUT2D eigenvalue weighted by Gasteiger charge is -2.30. The number of urea groups is 1. The molecule has 34 heavy (non-hydrogen) atoms. The van der Waals surface area contributed by atoms with Gasteiger partial charge in [-0.05, 0) is 74.4 Å². The second kappa shape index (κ2) is 13.0. The number of carbonyl (C=O) groups is 2. The summed E-state index contributed by atoms with van der Waals surface area (Å²) in [6, 6.07) is 13.0. The molecule has 0 atom stereocenters. The molecule has 184 valence electrons. The number of nitrogens with one attached hydrogen (secondary N) is 3. The van der Waals surface area contributed by atoms with Crippen LogP contribution in [0.4, 0.5) is 21.9 Å². The average Bonchev–Trinajstić information content (AvgIpc) is 2.84. The fourth-order valence-electron chi connectivity index (χ4n) is 4.07. The standard InChI is InChI=1S/C27H38N4O3/c1-4-34-18-8-15-28-26(32)24-19-23(13-14-25(24)31-16-6-5-7-17-31)30-27(33)29-22-11-9-21(10-12-22)20(2)3/h9-14,19-20H,4-8,15-18H2,1-3H3,(H,28,32)(H2,29,30,33). The van der Waals surface area contributed by atoms with Gasteiger partial charge in [0.05, 0.1) is 5.56 Å².